The molecule has 1 atom stereocenters. The van der Waals surface area contributed by atoms with Crippen molar-refractivity contribution in [1.29, 1.82) is 0 Å². The number of rotatable bonds is 4. The molecule has 116 valence electrons. The first-order valence-corrected chi connectivity index (χ1v) is 8.61. The Kier molecular flexibility index (Phi) is 4.84. The van der Waals surface area contributed by atoms with Crippen LogP contribution in [0, 0.1) is 5.92 Å². The lowest BCUT2D eigenvalue weighted by molar-refractivity contribution is -0.120. The van der Waals surface area contributed by atoms with Crippen molar-refractivity contribution in [2.45, 2.75) is 19.8 Å². The summed E-state index contributed by atoms with van der Waals surface area (Å²) in [4.78, 5) is 12.2. The predicted octanol–water partition coefficient (Wildman–Crippen LogP) is 1.39. The number of benzene rings is 1. The van der Waals surface area contributed by atoms with E-state index in [9.17, 15) is 18.3 Å². The summed E-state index contributed by atoms with van der Waals surface area (Å²) in [6, 6.07) is 6.48. The van der Waals surface area contributed by atoms with Gasteiger partial charge in [-0.1, -0.05) is 12.1 Å². The van der Waals surface area contributed by atoms with Gasteiger partial charge in [-0.25, -0.2) is 12.7 Å². The molecule has 0 spiro atoms. The molecule has 1 saturated heterocycles. The van der Waals surface area contributed by atoms with Gasteiger partial charge in [-0.15, -0.1) is 0 Å². The van der Waals surface area contributed by atoms with Crippen LogP contribution in [-0.4, -0.2) is 42.6 Å². The van der Waals surface area contributed by atoms with Gasteiger partial charge in [-0.3, -0.25) is 4.79 Å². The van der Waals surface area contributed by atoms with Crippen LogP contribution in [0.5, 0.6) is 5.75 Å². The van der Waals surface area contributed by atoms with Crippen molar-refractivity contribution < 1.29 is 18.3 Å². The normalized spacial score (nSPS) is 20.1. The molecule has 1 heterocycles. The fourth-order valence-electron chi connectivity index (χ4n) is 2.41. The van der Waals surface area contributed by atoms with Gasteiger partial charge in [0.1, 0.15) is 5.75 Å². The van der Waals surface area contributed by atoms with Gasteiger partial charge in [-0.05, 0) is 31.9 Å². The van der Waals surface area contributed by atoms with Gasteiger partial charge < -0.3 is 10.4 Å². The SMILES string of the molecule is CCS(=O)(=O)N1CCC[C@@H](C(=O)Nc2ccccc2O)C1. The minimum absolute atomic E-state index is 0.000282. The third kappa shape index (κ3) is 3.74. The molecular formula is C14H20N2O4S. The van der Waals surface area contributed by atoms with E-state index in [1.807, 2.05) is 0 Å². The number of carbonyl (C=O) groups is 1. The van der Waals surface area contributed by atoms with Gasteiger partial charge in [0.15, 0.2) is 0 Å². The molecule has 21 heavy (non-hydrogen) atoms. The van der Waals surface area contributed by atoms with E-state index in [2.05, 4.69) is 5.32 Å². The number of aromatic hydroxyl groups is 1. The first-order chi connectivity index (χ1) is 9.94. The molecule has 2 N–H and O–H groups in total. The van der Waals surface area contributed by atoms with Gasteiger partial charge >= 0.3 is 0 Å². The number of nitrogens with one attached hydrogen (secondary N) is 1. The number of para-hydroxylation sites is 2. The average Bonchev–Trinajstić information content (AvgIpc) is 2.49. The van der Waals surface area contributed by atoms with E-state index in [0.29, 0.717) is 25.1 Å². The van der Waals surface area contributed by atoms with Crippen molar-refractivity contribution in [2.75, 3.05) is 24.2 Å². The largest absolute Gasteiger partial charge is 0.506 e. The second-order valence-electron chi connectivity index (χ2n) is 5.10. The Morgan fingerprint density at radius 3 is 2.81 bits per heavy atom. The topological polar surface area (TPSA) is 86.7 Å². The number of nitrogens with zero attached hydrogens (tertiary/aromatic N) is 1. The number of amides is 1. The molecule has 7 heteroatoms. The summed E-state index contributed by atoms with van der Waals surface area (Å²) in [6.07, 6.45) is 1.31. The quantitative estimate of drug-likeness (QED) is 0.823. The minimum atomic E-state index is -3.26. The molecule has 0 saturated carbocycles. The molecule has 1 aliphatic rings. The van der Waals surface area contributed by atoms with Gasteiger partial charge in [0.25, 0.3) is 0 Å². The number of hydrogen-bond acceptors (Lipinski definition) is 4. The molecule has 1 aliphatic heterocycles. The predicted molar refractivity (Wildman–Crippen MR) is 80.5 cm³/mol. The number of carbonyl (C=O) groups excluding carboxylic acids is 1. The van der Waals surface area contributed by atoms with E-state index in [0.717, 1.165) is 0 Å². The smallest absolute Gasteiger partial charge is 0.228 e. The van der Waals surface area contributed by atoms with Crippen molar-refractivity contribution >= 4 is 21.6 Å². The molecule has 1 fully saturated rings. The van der Waals surface area contributed by atoms with Crippen molar-refractivity contribution in [2.24, 2.45) is 5.92 Å². The van der Waals surface area contributed by atoms with E-state index < -0.39 is 10.0 Å². The fourth-order valence-corrected chi connectivity index (χ4v) is 3.59. The van der Waals surface area contributed by atoms with Crippen LogP contribution in [0.3, 0.4) is 0 Å². The second-order valence-corrected chi connectivity index (χ2v) is 7.36. The van der Waals surface area contributed by atoms with Crippen LogP contribution in [0.15, 0.2) is 24.3 Å². The molecule has 0 aliphatic carbocycles. The number of anilines is 1. The van der Waals surface area contributed by atoms with E-state index in [-0.39, 0.29) is 29.9 Å². The third-order valence-electron chi connectivity index (χ3n) is 3.68. The second kappa shape index (κ2) is 6.44. The summed E-state index contributed by atoms with van der Waals surface area (Å²) >= 11 is 0. The lowest BCUT2D eigenvalue weighted by Gasteiger charge is -2.30. The molecule has 1 aromatic rings. The van der Waals surface area contributed by atoms with Crippen molar-refractivity contribution in [1.82, 2.24) is 4.31 Å². The van der Waals surface area contributed by atoms with Gasteiger partial charge in [0, 0.05) is 13.1 Å². The maximum absolute atomic E-state index is 12.2. The van der Waals surface area contributed by atoms with Crippen LogP contribution >= 0.6 is 0 Å². The Morgan fingerprint density at radius 1 is 1.43 bits per heavy atom. The number of phenols is 1. The number of piperidine rings is 1. The Labute approximate surface area is 124 Å². The van der Waals surface area contributed by atoms with Crippen LogP contribution in [0.25, 0.3) is 0 Å². The summed E-state index contributed by atoms with van der Waals surface area (Å²) in [5.41, 5.74) is 0.345. The lowest BCUT2D eigenvalue weighted by atomic mass is 9.98. The molecule has 0 unspecified atom stereocenters. The zero-order valence-corrected chi connectivity index (χ0v) is 12.8. The summed E-state index contributed by atoms with van der Waals surface area (Å²) in [5, 5.41) is 12.3. The van der Waals surface area contributed by atoms with E-state index >= 15 is 0 Å². The van der Waals surface area contributed by atoms with Crippen molar-refractivity contribution in [3.63, 3.8) is 0 Å². The Morgan fingerprint density at radius 2 is 2.14 bits per heavy atom. The first-order valence-electron chi connectivity index (χ1n) is 7.00. The average molecular weight is 312 g/mol. The zero-order valence-electron chi connectivity index (χ0n) is 11.9. The highest BCUT2D eigenvalue weighted by Gasteiger charge is 2.31. The maximum Gasteiger partial charge on any atom is 0.228 e. The minimum Gasteiger partial charge on any atom is -0.506 e. The van der Waals surface area contributed by atoms with Gasteiger partial charge in [0.05, 0.1) is 17.4 Å². The van der Waals surface area contributed by atoms with E-state index in [1.54, 1.807) is 25.1 Å². The third-order valence-corrected chi connectivity index (χ3v) is 5.52. The van der Waals surface area contributed by atoms with E-state index in [4.69, 9.17) is 0 Å². The molecular weight excluding hydrogens is 292 g/mol. The van der Waals surface area contributed by atoms with Gasteiger partial charge in [0.2, 0.25) is 15.9 Å². The summed E-state index contributed by atoms with van der Waals surface area (Å²) < 4.78 is 25.2. The van der Waals surface area contributed by atoms with Crippen LogP contribution in [-0.2, 0) is 14.8 Å². The molecule has 6 nitrogen and oxygen atoms in total. The lowest BCUT2D eigenvalue weighted by Crippen LogP contribution is -2.44. The first kappa shape index (κ1) is 15.8. The van der Waals surface area contributed by atoms with Crippen molar-refractivity contribution in [3.05, 3.63) is 24.3 Å². The highest BCUT2D eigenvalue weighted by atomic mass is 32.2. The number of phenolic OH excluding ortho intramolecular Hbond substituents is 1. The molecule has 0 bridgehead atoms. The molecule has 2 rings (SSSR count). The van der Waals surface area contributed by atoms with Crippen LogP contribution < -0.4 is 5.32 Å². The Bertz CT molecular complexity index is 615. The zero-order chi connectivity index (χ0) is 15.5. The molecule has 1 amide bonds. The molecule has 0 aromatic heterocycles. The van der Waals surface area contributed by atoms with Crippen molar-refractivity contribution in [3.8, 4) is 5.75 Å². The highest BCUT2D eigenvalue weighted by Crippen LogP contribution is 2.25. The van der Waals surface area contributed by atoms with Crippen LogP contribution in [0.2, 0.25) is 0 Å². The number of hydrogen-bond donors (Lipinski definition) is 2. The Balaban J connectivity index is 2.05. The highest BCUT2D eigenvalue weighted by molar-refractivity contribution is 7.89. The molecule has 0 radical (unpaired) electrons. The van der Waals surface area contributed by atoms with E-state index in [1.165, 1.54) is 10.4 Å². The maximum atomic E-state index is 12.2. The van der Waals surface area contributed by atoms with Crippen LogP contribution in [0.4, 0.5) is 5.69 Å². The molecule has 1 aromatic carbocycles. The standard InChI is InChI=1S/C14H20N2O4S/c1-2-21(19,20)16-9-5-6-11(10-16)14(18)15-12-7-3-4-8-13(12)17/h3-4,7-8,11,17H,2,5-6,9-10H2,1H3,(H,15,18)/t11-/m1/s1. The van der Waals surface area contributed by atoms with Crippen LogP contribution in [0.1, 0.15) is 19.8 Å². The summed E-state index contributed by atoms with van der Waals surface area (Å²) in [5.74, 6) is -0.604. The Hall–Kier alpha value is -1.60. The fraction of sp³-hybridized carbons (Fsp3) is 0.500. The number of sulfonamides is 1. The summed E-state index contributed by atoms with van der Waals surface area (Å²) in [6.45, 7) is 2.27. The van der Waals surface area contributed by atoms with Gasteiger partial charge in [-0.2, -0.15) is 0 Å². The monoisotopic (exact) mass is 312 g/mol. The summed E-state index contributed by atoms with van der Waals surface area (Å²) in [7, 11) is -3.26.